The average molecular weight is 366 g/mol. The Labute approximate surface area is 144 Å². The van der Waals surface area contributed by atoms with E-state index in [0.717, 1.165) is 12.3 Å². The fourth-order valence-electron chi connectivity index (χ4n) is 3.54. The number of carbonyl (C=O) groups excluding carboxylic acids is 1. The van der Waals surface area contributed by atoms with Gasteiger partial charge < -0.3 is 4.74 Å². The van der Waals surface area contributed by atoms with Gasteiger partial charge in [0.25, 0.3) is 0 Å². The lowest BCUT2D eigenvalue weighted by Crippen LogP contribution is -2.25. The molecular weight excluding hydrogens is 353 g/mol. The standard InChI is InChI=1S/C15H13F3N6O2/c1-15(9-6-23(14(17)18)22-20-9)4-7(13(25)26-2)8-5-19-11-3-10(16)21-24(11)12(8)15/h3,5-7,14H,4H2,1-2H3. The zero-order valence-corrected chi connectivity index (χ0v) is 13.7. The van der Waals surface area contributed by atoms with Gasteiger partial charge in [-0.15, -0.1) is 10.2 Å². The highest BCUT2D eigenvalue weighted by Crippen LogP contribution is 2.49. The van der Waals surface area contributed by atoms with E-state index < -0.39 is 29.8 Å². The van der Waals surface area contributed by atoms with Gasteiger partial charge in [0.2, 0.25) is 5.95 Å². The number of fused-ring (bicyclic) bond motifs is 3. The quantitative estimate of drug-likeness (QED) is 0.657. The van der Waals surface area contributed by atoms with Crippen LogP contribution in [-0.2, 0) is 14.9 Å². The molecule has 3 heterocycles. The molecule has 0 spiro atoms. The molecule has 0 saturated heterocycles. The van der Waals surface area contributed by atoms with Gasteiger partial charge in [0.15, 0.2) is 5.65 Å². The predicted molar refractivity (Wildman–Crippen MR) is 80.0 cm³/mol. The van der Waals surface area contributed by atoms with E-state index in [0.29, 0.717) is 15.9 Å². The molecule has 11 heteroatoms. The van der Waals surface area contributed by atoms with E-state index in [1.165, 1.54) is 17.8 Å². The van der Waals surface area contributed by atoms with Crippen molar-refractivity contribution < 1.29 is 22.7 Å². The molecule has 0 saturated carbocycles. The molecule has 26 heavy (non-hydrogen) atoms. The molecule has 8 nitrogen and oxygen atoms in total. The van der Waals surface area contributed by atoms with E-state index in [1.807, 2.05) is 0 Å². The Bertz CT molecular complexity index is 1020. The Morgan fingerprint density at radius 1 is 1.46 bits per heavy atom. The second kappa shape index (κ2) is 5.51. The Morgan fingerprint density at radius 2 is 2.23 bits per heavy atom. The highest BCUT2D eigenvalue weighted by molar-refractivity contribution is 5.80. The summed E-state index contributed by atoms with van der Waals surface area (Å²) >= 11 is 0. The van der Waals surface area contributed by atoms with Crippen molar-refractivity contribution in [3.05, 3.63) is 41.4 Å². The molecule has 1 aliphatic carbocycles. The monoisotopic (exact) mass is 366 g/mol. The smallest absolute Gasteiger partial charge is 0.334 e. The molecule has 0 amide bonds. The lowest BCUT2D eigenvalue weighted by Gasteiger charge is -2.22. The summed E-state index contributed by atoms with van der Waals surface area (Å²) in [7, 11) is 1.25. The van der Waals surface area contributed by atoms with Crippen LogP contribution in [-0.4, -0.2) is 42.7 Å². The summed E-state index contributed by atoms with van der Waals surface area (Å²) in [6.45, 7) is -1.13. The van der Waals surface area contributed by atoms with Crippen LogP contribution in [0.4, 0.5) is 13.2 Å². The van der Waals surface area contributed by atoms with Gasteiger partial charge >= 0.3 is 12.5 Å². The van der Waals surface area contributed by atoms with Gasteiger partial charge in [-0.05, 0) is 13.3 Å². The summed E-state index contributed by atoms with van der Waals surface area (Å²) in [5.41, 5.74) is 0.374. The summed E-state index contributed by atoms with van der Waals surface area (Å²) in [6.07, 6.45) is 2.75. The maximum absolute atomic E-state index is 13.7. The SMILES string of the molecule is COC(=O)C1CC(C)(c2cn(C(F)F)nn2)c2c1cnc1cc(F)nn21. The number of carbonyl (C=O) groups is 1. The number of hydrogen-bond acceptors (Lipinski definition) is 6. The molecule has 0 aliphatic heterocycles. The highest BCUT2D eigenvalue weighted by Gasteiger charge is 2.49. The minimum absolute atomic E-state index is 0.180. The number of ether oxygens (including phenoxy) is 1. The van der Waals surface area contributed by atoms with Crippen molar-refractivity contribution in [3.8, 4) is 0 Å². The molecule has 0 aromatic carbocycles. The van der Waals surface area contributed by atoms with Crippen LogP contribution in [0.3, 0.4) is 0 Å². The molecule has 3 aromatic rings. The van der Waals surface area contributed by atoms with Gasteiger partial charge in [0.05, 0.1) is 36.0 Å². The first kappa shape index (κ1) is 16.5. The van der Waals surface area contributed by atoms with E-state index in [-0.39, 0.29) is 17.8 Å². The van der Waals surface area contributed by atoms with Crippen LogP contribution in [0.15, 0.2) is 18.5 Å². The first-order chi connectivity index (χ1) is 12.3. The zero-order chi connectivity index (χ0) is 18.6. The van der Waals surface area contributed by atoms with E-state index in [4.69, 9.17) is 4.74 Å². The third-order valence-corrected chi connectivity index (χ3v) is 4.75. The maximum atomic E-state index is 13.7. The molecule has 4 rings (SSSR count). The molecule has 2 atom stereocenters. The van der Waals surface area contributed by atoms with Crippen LogP contribution in [0, 0.1) is 5.95 Å². The fourth-order valence-corrected chi connectivity index (χ4v) is 3.54. The van der Waals surface area contributed by atoms with E-state index in [2.05, 4.69) is 20.4 Å². The first-order valence-electron chi connectivity index (χ1n) is 7.68. The molecule has 1 aliphatic rings. The van der Waals surface area contributed by atoms with Crippen molar-refractivity contribution in [2.24, 2.45) is 0 Å². The van der Waals surface area contributed by atoms with Crippen molar-refractivity contribution >= 4 is 11.6 Å². The Morgan fingerprint density at radius 3 is 2.88 bits per heavy atom. The summed E-state index contributed by atoms with van der Waals surface area (Å²) in [5.74, 6) is -1.96. The minimum atomic E-state index is -2.85. The molecule has 0 N–H and O–H groups in total. The largest absolute Gasteiger partial charge is 0.469 e. The number of nitrogens with zero attached hydrogens (tertiary/aromatic N) is 6. The van der Waals surface area contributed by atoms with Crippen LogP contribution in [0.2, 0.25) is 0 Å². The zero-order valence-electron chi connectivity index (χ0n) is 13.7. The number of aromatic nitrogens is 6. The van der Waals surface area contributed by atoms with Gasteiger partial charge in [-0.25, -0.2) is 9.50 Å². The van der Waals surface area contributed by atoms with Gasteiger partial charge in [0, 0.05) is 17.8 Å². The molecule has 3 aromatic heterocycles. The molecule has 0 radical (unpaired) electrons. The average Bonchev–Trinajstić information content (AvgIpc) is 3.29. The number of methoxy groups -OCH3 is 1. The second-order valence-corrected chi connectivity index (χ2v) is 6.27. The van der Waals surface area contributed by atoms with Gasteiger partial charge in [-0.3, -0.25) is 4.79 Å². The van der Waals surface area contributed by atoms with Crippen molar-refractivity contribution in [3.63, 3.8) is 0 Å². The molecule has 2 unspecified atom stereocenters. The first-order valence-corrected chi connectivity index (χ1v) is 7.68. The second-order valence-electron chi connectivity index (χ2n) is 6.27. The van der Waals surface area contributed by atoms with Crippen molar-refractivity contribution in [1.82, 2.24) is 29.6 Å². The Kier molecular flexibility index (Phi) is 3.49. The molecule has 0 bridgehead atoms. The van der Waals surface area contributed by atoms with E-state index >= 15 is 0 Å². The fraction of sp³-hybridized carbons (Fsp3) is 0.400. The van der Waals surface area contributed by atoms with Crippen LogP contribution in [0.25, 0.3) is 5.65 Å². The van der Waals surface area contributed by atoms with Crippen LogP contribution < -0.4 is 0 Å². The highest BCUT2D eigenvalue weighted by atomic mass is 19.3. The number of hydrogen-bond donors (Lipinski definition) is 0. The van der Waals surface area contributed by atoms with Crippen molar-refractivity contribution in [2.75, 3.05) is 7.11 Å². The third-order valence-electron chi connectivity index (χ3n) is 4.75. The van der Waals surface area contributed by atoms with Crippen LogP contribution in [0.1, 0.15) is 42.8 Å². The normalized spacial score (nSPS) is 22.2. The van der Waals surface area contributed by atoms with Gasteiger partial charge in [0.1, 0.15) is 0 Å². The Balaban J connectivity index is 1.97. The molecule has 136 valence electrons. The number of esters is 1. The van der Waals surface area contributed by atoms with Gasteiger partial charge in [-0.1, -0.05) is 5.21 Å². The van der Waals surface area contributed by atoms with E-state index in [1.54, 1.807) is 6.92 Å². The number of rotatable bonds is 3. The van der Waals surface area contributed by atoms with Crippen LogP contribution >= 0.6 is 0 Å². The van der Waals surface area contributed by atoms with Crippen molar-refractivity contribution in [1.29, 1.82) is 0 Å². The Hall–Kier alpha value is -2.98. The predicted octanol–water partition coefficient (Wildman–Crippen LogP) is 1.82. The lowest BCUT2D eigenvalue weighted by atomic mass is 9.83. The molecule has 0 fully saturated rings. The van der Waals surface area contributed by atoms with Crippen molar-refractivity contribution in [2.45, 2.75) is 31.2 Å². The number of alkyl halides is 2. The number of halogens is 3. The maximum Gasteiger partial charge on any atom is 0.334 e. The lowest BCUT2D eigenvalue weighted by molar-refractivity contribution is -0.142. The topological polar surface area (TPSA) is 87.2 Å². The van der Waals surface area contributed by atoms with E-state index in [9.17, 15) is 18.0 Å². The third kappa shape index (κ3) is 2.19. The summed E-state index contributed by atoms with van der Waals surface area (Å²) in [5, 5.41) is 11.1. The van der Waals surface area contributed by atoms with Crippen LogP contribution in [0.5, 0.6) is 0 Å². The summed E-state index contributed by atoms with van der Waals surface area (Å²) < 4.78 is 46.1. The summed E-state index contributed by atoms with van der Waals surface area (Å²) in [4.78, 5) is 16.4. The minimum Gasteiger partial charge on any atom is -0.469 e. The summed E-state index contributed by atoms with van der Waals surface area (Å²) in [6, 6.07) is 1.14. The molecular formula is C15H13F3N6O2. The van der Waals surface area contributed by atoms with Gasteiger partial charge in [-0.2, -0.15) is 17.9 Å².